The van der Waals surface area contributed by atoms with E-state index in [0.717, 1.165) is 5.56 Å². The van der Waals surface area contributed by atoms with E-state index in [1.165, 1.54) is 4.90 Å². The first-order chi connectivity index (χ1) is 13.8. The van der Waals surface area contributed by atoms with Crippen LogP contribution >= 0.6 is 12.2 Å². The molecule has 3 rings (SSSR count). The maximum absolute atomic E-state index is 13.0. The highest BCUT2D eigenvalue weighted by molar-refractivity contribution is 7.71. The van der Waals surface area contributed by atoms with Crippen LogP contribution in [0.3, 0.4) is 0 Å². The summed E-state index contributed by atoms with van der Waals surface area (Å²) in [5.41, 5.74) is 2.22. The Labute approximate surface area is 173 Å². The molecule has 0 aliphatic heterocycles. The molecule has 7 nitrogen and oxygen atoms in total. The Morgan fingerprint density at radius 2 is 1.62 bits per heavy atom. The van der Waals surface area contributed by atoms with E-state index < -0.39 is 0 Å². The van der Waals surface area contributed by atoms with Crippen molar-refractivity contribution in [2.45, 2.75) is 13.5 Å². The molecule has 0 radical (unpaired) electrons. The van der Waals surface area contributed by atoms with Crippen molar-refractivity contribution >= 4 is 34.9 Å². The Bertz CT molecular complexity index is 1180. The summed E-state index contributed by atoms with van der Waals surface area (Å²) in [6.45, 7) is 2.83. The van der Waals surface area contributed by atoms with Crippen molar-refractivity contribution < 1.29 is 9.59 Å². The third-order valence-electron chi connectivity index (χ3n) is 4.64. The third kappa shape index (κ3) is 4.43. The van der Waals surface area contributed by atoms with E-state index in [-0.39, 0.29) is 22.1 Å². The fourth-order valence-corrected chi connectivity index (χ4v) is 3.25. The van der Waals surface area contributed by atoms with Gasteiger partial charge in [-0.1, -0.05) is 12.1 Å². The van der Waals surface area contributed by atoms with Crippen LogP contribution in [0.4, 0.5) is 0 Å². The van der Waals surface area contributed by atoms with Crippen molar-refractivity contribution in [2.24, 2.45) is 0 Å². The lowest BCUT2D eigenvalue weighted by atomic mass is 10.1. The normalized spacial score (nSPS) is 10.7. The van der Waals surface area contributed by atoms with Gasteiger partial charge in [-0.05, 0) is 55.0 Å². The van der Waals surface area contributed by atoms with Gasteiger partial charge in [0.05, 0.1) is 10.9 Å². The van der Waals surface area contributed by atoms with Crippen LogP contribution in [-0.4, -0.2) is 52.2 Å². The standard InChI is InChI=1S/C21H22N4O3S/c1-4-25(12-13-5-7-14(8-6-13)19(27)24(2)3)20(28)15-9-10-16-17(11-15)22-21(29)23-18(16)26/h5-11H,4,12H2,1-3H3,(H2,22,23,26,29). The number of amides is 2. The minimum atomic E-state index is -0.289. The topological polar surface area (TPSA) is 89.3 Å². The quantitative estimate of drug-likeness (QED) is 0.633. The lowest BCUT2D eigenvalue weighted by Crippen LogP contribution is -2.30. The molecule has 0 bridgehead atoms. The van der Waals surface area contributed by atoms with Crippen LogP contribution in [0.2, 0.25) is 0 Å². The Kier molecular flexibility index (Phi) is 5.93. The zero-order valence-electron chi connectivity index (χ0n) is 16.5. The summed E-state index contributed by atoms with van der Waals surface area (Å²) in [6, 6.07) is 12.1. The van der Waals surface area contributed by atoms with Crippen LogP contribution in [0.5, 0.6) is 0 Å². The van der Waals surface area contributed by atoms with Gasteiger partial charge in [0.1, 0.15) is 0 Å². The fraction of sp³-hybridized carbons (Fsp3) is 0.238. The van der Waals surface area contributed by atoms with E-state index >= 15 is 0 Å². The Morgan fingerprint density at radius 3 is 2.24 bits per heavy atom. The average Bonchev–Trinajstić information content (AvgIpc) is 2.70. The number of nitrogens with one attached hydrogen (secondary N) is 2. The molecule has 3 aromatic rings. The van der Waals surface area contributed by atoms with Crippen molar-refractivity contribution in [1.29, 1.82) is 0 Å². The Hall–Kier alpha value is -3.26. The number of rotatable bonds is 5. The van der Waals surface area contributed by atoms with E-state index in [0.29, 0.717) is 35.1 Å². The fourth-order valence-electron chi connectivity index (χ4n) is 3.04. The molecule has 0 saturated heterocycles. The van der Waals surface area contributed by atoms with Crippen molar-refractivity contribution in [3.05, 3.63) is 74.3 Å². The number of hydrogen-bond acceptors (Lipinski definition) is 4. The molecule has 8 heteroatoms. The van der Waals surface area contributed by atoms with Gasteiger partial charge in [0.25, 0.3) is 17.4 Å². The molecule has 1 heterocycles. The van der Waals surface area contributed by atoms with Crippen molar-refractivity contribution in [3.8, 4) is 0 Å². The van der Waals surface area contributed by atoms with Gasteiger partial charge in [-0.2, -0.15) is 0 Å². The van der Waals surface area contributed by atoms with Crippen LogP contribution in [0.15, 0.2) is 47.3 Å². The number of aromatic nitrogens is 2. The summed E-state index contributed by atoms with van der Waals surface area (Å²) in [5.74, 6) is -0.217. The molecule has 0 atom stereocenters. The second-order valence-corrected chi connectivity index (χ2v) is 7.29. The SMILES string of the molecule is CCN(Cc1ccc(C(=O)N(C)C)cc1)C(=O)c1ccc2c(=O)[nH]c(=S)[nH]c2c1. The van der Waals surface area contributed by atoms with Crippen LogP contribution < -0.4 is 5.56 Å². The van der Waals surface area contributed by atoms with E-state index in [1.807, 2.05) is 19.1 Å². The van der Waals surface area contributed by atoms with Gasteiger partial charge in [0, 0.05) is 38.3 Å². The zero-order chi connectivity index (χ0) is 21.1. The number of H-pyrrole nitrogens is 2. The molecule has 0 spiro atoms. The zero-order valence-corrected chi connectivity index (χ0v) is 17.3. The van der Waals surface area contributed by atoms with Crippen LogP contribution in [0.1, 0.15) is 33.2 Å². The first-order valence-corrected chi connectivity index (χ1v) is 9.57. The molecule has 2 N–H and O–H groups in total. The Morgan fingerprint density at radius 1 is 0.966 bits per heavy atom. The molecule has 29 heavy (non-hydrogen) atoms. The van der Waals surface area contributed by atoms with Gasteiger partial charge in [-0.3, -0.25) is 19.4 Å². The van der Waals surface area contributed by atoms with Gasteiger partial charge < -0.3 is 14.8 Å². The second-order valence-electron chi connectivity index (χ2n) is 6.88. The predicted molar refractivity (Wildman–Crippen MR) is 115 cm³/mol. The lowest BCUT2D eigenvalue weighted by Gasteiger charge is -2.21. The van der Waals surface area contributed by atoms with Gasteiger partial charge >= 0.3 is 0 Å². The molecule has 2 amide bonds. The van der Waals surface area contributed by atoms with Crippen LogP contribution in [0.25, 0.3) is 10.9 Å². The molecule has 0 fully saturated rings. The van der Waals surface area contributed by atoms with Crippen LogP contribution in [0, 0.1) is 4.77 Å². The first kappa shape index (κ1) is 20.5. The molecule has 0 saturated carbocycles. The third-order valence-corrected chi connectivity index (χ3v) is 4.84. The number of aromatic amines is 2. The molecule has 150 valence electrons. The van der Waals surface area contributed by atoms with Crippen molar-refractivity contribution in [3.63, 3.8) is 0 Å². The van der Waals surface area contributed by atoms with Gasteiger partial charge in [0.15, 0.2) is 4.77 Å². The smallest absolute Gasteiger partial charge is 0.259 e. The highest BCUT2D eigenvalue weighted by atomic mass is 32.1. The highest BCUT2D eigenvalue weighted by Gasteiger charge is 2.16. The maximum Gasteiger partial charge on any atom is 0.259 e. The minimum absolute atomic E-state index is 0.0662. The van der Waals surface area contributed by atoms with E-state index in [4.69, 9.17) is 12.2 Å². The molecule has 2 aromatic carbocycles. The van der Waals surface area contributed by atoms with E-state index in [9.17, 15) is 14.4 Å². The molecule has 1 aromatic heterocycles. The monoisotopic (exact) mass is 410 g/mol. The summed E-state index contributed by atoms with van der Waals surface area (Å²) in [7, 11) is 3.41. The molecule has 0 aliphatic rings. The van der Waals surface area contributed by atoms with Crippen molar-refractivity contribution in [1.82, 2.24) is 19.8 Å². The highest BCUT2D eigenvalue weighted by Crippen LogP contribution is 2.15. The molecular formula is C21H22N4O3S. The Balaban J connectivity index is 1.83. The molecule has 0 aliphatic carbocycles. The van der Waals surface area contributed by atoms with Crippen LogP contribution in [-0.2, 0) is 6.54 Å². The van der Waals surface area contributed by atoms with E-state index in [1.54, 1.807) is 49.3 Å². The number of fused-ring (bicyclic) bond motifs is 1. The summed E-state index contributed by atoms with van der Waals surface area (Å²) >= 11 is 5.01. The second kappa shape index (κ2) is 8.40. The van der Waals surface area contributed by atoms with Crippen molar-refractivity contribution in [2.75, 3.05) is 20.6 Å². The number of hydrogen-bond donors (Lipinski definition) is 2. The largest absolute Gasteiger partial charge is 0.345 e. The molecular weight excluding hydrogens is 388 g/mol. The maximum atomic E-state index is 13.0. The number of nitrogens with zero attached hydrogens (tertiary/aromatic N) is 2. The average molecular weight is 410 g/mol. The first-order valence-electron chi connectivity index (χ1n) is 9.16. The summed E-state index contributed by atoms with van der Waals surface area (Å²) in [5, 5.41) is 0.444. The lowest BCUT2D eigenvalue weighted by molar-refractivity contribution is 0.0751. The molecule has 0 unspecified atom stereocenters. The minimum Gasteiger partial charge on any atom is -0.345 e. The summed E-state index contributed by atoms with van der Waals surface area (Å²) in [4.78, 5) is 45.6. The van der Waals surface area contributed by atoms with Gasteiger partial charge in [0.2, 0.25) is 0 Å². The van der Waals surface area contributed by atoms with Gasteiger partial charge in [-0.15, -0.1) is 0 Å². The van der Waals surface area contributed by atoms with E-state index in [2.05, 4.69) is 9.97 Å². The summed E-state index contributed by atoms with van der Waals surface area (Å²) in [6.07, 6.45) is 0. The number of carbonyl (C=O) groups excluding carboxylic acids is 2. The van der Waals surface area contributed by atoms with Gasteiger partial charge in [-0.25, -0.2) is 0 Å². The number of benzene rings is 2. The predicted octanol–water partition coefficient (Wildman–Crippen LogP) is 2.95. The number of carbonyl (C=O) groups is 2. The summed E-state index contributed by atoms with van der Waals surface area (Å²) < 4.78 is 0.215.